The maximum Gasteiger partial charge on any atom is 0.249 e. The molecule has 1 amide bonds. The first kappa shape index (κ1) is 22.2. The number of sulfone groups is 1. The summed E-state index contributed by atoms with van der Waals surface area (Å²) in [6.45, 7) is 3.47. The molecule has 1 heterocycles. The molecule has 3 rings (SSSR count). The van der Waals surface area contributed by atoms with Gasteiger partial charge in [0, 0.05) is 20.1 Å². The molecule has 0 spiro atoms. The van der Waals surface area contributed by atoms with Crippen LogP contribution in [0.15, 0.2) is 58.4 Å². The van der Waals surface area contributed by atoms with Gasteiger partial charge in [-0.25, -0.2) is 8.42 Å². The lowest BCUT2D eigenvalue weighted by Crippen LogP contribution is -2.20. The number of thiazole rings is 1. The van der Waals surface area contributed by atoms with E-state index in [-0.39, 0.29) is 17.1 Å². The Bertz CT molecular complexity index is 1180. The first-order chi connectivity index (χ1) is 14.4. The highest BCUT2D eigenvalue weighted by atomic mass is 32.2. The summed E-state index contributed by atoms with van der Waals surface area (Å²) in [7, 11) is -1.92. The fraction of sp³-hybridized carbons (Fsp3) is 0.333. The zero-order chi connectivity index (χ0) is 21.6. The predicted octanol–water partition coefficient (Wildman–Crippen LogP) is 3.04. The summed E-state index contributed by atoms with van der Waals surface area (Å²) in [6, 6.07) is 13.8. The van der Waals surface area contributed by atoms with E-state index < -0.39 is 15.7 Å². The molecule has 0 aliphatic carbocycles. The van der Waals surface area contributed by atoms with Crippen molar-refractivity contribution in [1.29, 1.82) is 0 Å². The zero-order valence-electron chi connectivity index (χ0n) is 16.9. The molecule has 0 saturated heterocycles. The number of rotatable bonds is 9. The number of ether oxygens (including phenoxy) is 2. The summed E-state index contributed by atoms with van der Waals surface area (Å²) >= 11 is 1.36. The van der Waals surface area contributed by atoms with Crippen LogP contribution in [0.4, 0.5) is 0 Å². The Balaban J connectivity index is 1.87. The van der Waals surface area contributed by atoms with Gasteiger partial charge in [-0.1, -0.05) is 29.5 Å². The molecule has 2 aromatic carbocycles. The molecule has 0 atom stereocenters. The fourth-order valence-electron chi connectivity index (χ4n) is 2.92. The van der Waals surface area contributed by atoms with Crippen LogP contribution in [-0.2, 0) is 25.9 Å². The topological polar surface area (TPSA) is 87.0 Å². The average Bonchev–Trinajstić information content (AvgIpc) is 3.07. The van der Waals surface area contributed by atoms with Crippen LogP contribution in [0.25, 0.3) is 10.2 Å². The SMILES string of the molecule is CCOc1ccc2c(c1)sc(=NC(=O)CCS(=O)(=O)c1ccccc1)n2CCOC. The number of methoxy groups -OCH3 is 1. The van der Waals surface area contributed by atoms with Crippen LogP contribution in [0.3, 0.4) is 0 Å². The van der Waals surface area contributed by atoms with Crippen molar-refractivity contribution in [2.45, 2.75) is 24.8 Å². The third-order valence-corrected chi connectivity index (χ3v) is 7.16. The molecule has 160 valence electrons. The molecule has 30 heavy (non-hydrogen) atoms. The second-order valence-corrected chi connectivity index (χ2v) is 9.60. The Hall–Kier alpha value is -2.49. The van der Waals surface area contributed by atoms with E-state index in [1.54, 1.807) is 25.3 Å². The van der Waals surface area contributed by atoms with Gasteiger partial charge < -0.3 is 14.0 Å². The summed E-state index contributed by atoms with van der Waals surface area (Å²) in [5.41, 5.74) is 0.920. The molecule has 0 aliphatic heterocycles. The van der Waals surface area contributed by atoms with Crippen molar-refractivity contribution in [3.8, 4) is 5.75 Å². The zero-order valence-corrected chi connectivity index (χ0v) is 18.5. The molecule has 0 fully saturated rings. The predicted molar refractivity (Wildman–Crippen MR) is 117 cm³/mol. The van der Waals surface area contributed by atoms with Gasteiger partial charge in [0.2, 0.25) is 5.91 Å². The van der Waals surface area contributed by atoms with Crippen LogP contribution < -0.4 is 9.54 Å². The van der Waals surface area contributed by atoms with Gasteiger partial charge >= 0.3 is 0 Å². The third-order valence-electron chi connectivity index (χ3n) is 4.39. The minimum Gasteiger partial charge on any atom is -0.494 e. The summed E-state index contributed by atoms with van der Waals surface area (Å²) in [5, 5.41) is 0. The molecule has 3 aromatic rings. The van der Waals surface area contributed by atoms with Gasteiger partial charge in [-0.3, -0.25) is 4.79 Å². The fourth-order valence-corrected chi connectivity index (χ4v) is 5.28. The molecule has 0 radical (unpaired) electrons. The van der Waals surface area contributed by atoms with Gasteiger partial charge in [0.15, 0.2) is 14.6 Å². The van der Waals surface area contributed by atoms with Gasteiger partial charge in [-0.15, -0.1) is 0 Å². The first-order valence-electron chi connectivity index (χ1n) is 9.55. The largest absolute Gasteiger partial charge is 0.494 e. The minimum absolute atomic E-state index is 0.181. The second kappa shape index (κ2) is 10.0. The summed E-state index contributed by atoms with van der Waals surface area (Å²) < 4.78 is 38.4. The molecule has 0 bridgehead atoms. The van der Waals surface area contributed by atoms with E-state index in [1.165, 1.54) is 23.5 Å². The quantitative estimate of drug-likeness (QED) is 0.502. The van der Waals surface area contributed by atoms with E-state index in [1.807, 2.05) is 29.7 Å². The molecular weight excluding hydrogens is 424 g/mol. The Morgan fingerprint density at radius 3 is 2.63 bits per heavy atom. The maximum atomic E-state index is 12.5. The lowest BCUT2D eigenvalue weighted by Gasteiger charge is -2.06. The number of hydrogen-bond donors (Lipinski definition) is 0. The number of aromatic nitrogens is 1. The van der Waals surface area contributed by atoms with E-state index in [0.29, 0.717) is 24.6 Å². The molecule has 7 nitrogen and oxygen atoms in total. The number of amides is 1. The lowest BCUT2D eigenvalue weighted by atomic mass is 10.3. The van der Waals surface area contributed by atoms with Crippen LogP contribution in [-0.4, -0.2) is 45.0 Å². The highest BCUT2D eigenvalue weighted by molar-refractivity contribution is 7.91. The maximum absolute atomic E-state index is 12.5. The van der Waals surface area contributed by atoms with Crippen LogP contribution in [0.1, 0.15) is 13.3 Å². The highest BCUT2D eigenvalue weighted by Crippen LogP contribution is 2.23. The van der Waals surface area contributed by atoms with E-state index in [9.17, 15) is 13.2 Å². The number of fused-ring (bicyclic) bond motifs is 1. The molecule has 9 heteroatoms. The highest BCUT2D eigenvalue weighted by Gasteiger charge is 2.16. The van der Waals surface area contributed by atoms with Crippen molar-refractivity contribution in [3.63, 3.8) is 0 Å². The van der Waals surface area contributed by atoms with Crippen LogP contribution >= 0.6 is 11.3 Å². The number of carbonyl (C=O) groups is 1. The Kier molecular flexibility index (Phi) is 7.41. The minimum atomic E-state index is -3.53. The van der Waals surface area contributed by atoms with Gasteiger partial charge in [-0.05, 0) is 37.3 Å². The summed E-state index contributed by atoms with van der Waals surface area (Å²) in [6.07, 6.45) is -0.181. The van der Waals surface area contributed by atoms with Gasteiger partial charge in [-0.2, -0.15) is 4.99 Å². The normalized spacial score (nSPS) is 12.4. The van der Waals surface area contributed by atoms with Crippen molar-refractivity contribution < 1.29 is 22.7 Å². The van der Waals surface area contributed by atoms with E-state index >= 15 is 0 Å². The molecule has 0 saturated carbocycles. The monoisotopic (exact) mass is 448 g/mol. The second-order valence-electron chi connectivity index (χ2n) is 6.48. The number of carbonyl (C=O) groups excluding carboxylic acids is 1. The van der Waals surface area contributed by atoms with Crippen molar-refractivity contribution in [2.24, 2.45) is 4.99 Å². The molecular formula is C21H24N2O5S2. The van der Waals surface area contributed by atoms with Crippen molar-refractivity contribution in [1.82, 2.24) is 4.57 Å². The number of nitrogens with zero attached hydrogens (tertiary/aromatic N) is 2. The molecule has 0 aliphatic rings. The summed E-state index contributed by atoms with van der Waals surface area (Å²) in [5.74, 6) is -0.00851. The van der Waals surface area contributed by atoms with Crippen molar-refractivity contribution >= 4 is 37.3 Å². The average molecular weight is 449 g/mol. The molecule has 0 N–H and O–H groups in total. The van der Waals surface area contributed by atoms with E-state index in [0.717, 1.165) is 16.0 Å². The van der Waals surface area contributed by atoms with Crippen LogP contribution in [0.2, 0.25) is 0 Å². The van der Waals surface area contributed by atoms with Crippen molar-refractivity contribution in [3.05, 3.63) is 53.3 Å². The third kappa shape index (κ3) is 5.35. The number of hydrogen-bond acceptors (Lipinski definition) is 6. The van der Waals surface area contributed by atoms with Crippen LogP contribution in [0.5, 0.6) is 5.75 Å². The van der Waals surface area contributed by atoms with Gasteiger partial charge in [0.1, 0.15) is 5.75 Å². The standard InChI is InChI=1S/C21H24N2O5S2/c1-3-28-16-9-10-18-19(15-16)29-21(23(18)12-13-27-2)22-20(24)11-14-30(25,26)17-7-5-4-6-8-17/h4-10,15H,3,11-14H2,1-2H3. The van der Waals surface area contributed by atoms with E-state index in [4.69, 9.17) is 9.47 Å². The van der Waals surface area contributed by atoms with Gasteiger partial charge in [0.05, 0.1) is 34.1 Å². The lowest BCUT2D eigenvalue weighted by molar-refractivity contribution is -0.117. The van der Waals surface area contributed by atoms with Gasteiger partial charge in [0.25, 0.3) is 0 Å². The smallest absolute Gasteiger partial charge is 0.249 e. The molecule has 0 unspecified atom stereocenters. The number of benzene rings is 2. The first-order valence-corrected chi connectivity index (χ1v) is 12.0. The Labute approximate surface area is 179 Å². The molecule has 1 aromatic heterocycles. The summed E-state index contributed by atoms with van der Waals surface area (Å²) in [4.78, 5) is 17.4. The van der Waals surface area contributed by atoms with E-state index in [2.05, 4.69) is 4.99 Å². The van der Waals surface area contributed by atoms with Crippen LogP contribution in [0, 0.1) is 0 Å². The van der Waals surface area contributed by atoms with Crippen molar-refractivity contribution in [2.75, 3.05) is 26.1 Å². The Morgan fingerprint density at radius 2 is 1.93 bits per heavy atom. The Morgan fingerprint density at radius 1 is 1.17 bits per heavy atom.